The Bertz CT molecular complexity index is 828. The predicted octanol–water partition coefficient (Wildman–Crippen LogP) is 2.38. The van der Waals surface area contributed by atoms with E-state index in [-0.39, 0.29) is 18.1 Å². The van der Waals surface area contributed by atoms with E-state index >= 15 is 0 Å². The van der Waals surface area contributed by atoms with Crippen molar-refractivity contribution >= 4 is 18.0 Å². The zero-order valence-corrected chi connectivity index (χ0v) is 16.2. The molecule has 0 aliphatic rings. The van der Waals surface area contributed by atoms with Crippen LogP contribution >= 0.6 is 0 Å². The fourth-order valence-electron chi connectivity index (χ4n) is 2.64. The Morgan fingerprint density at radius 2 is 1.71 bits per heavy atom. The van der Waals surface area contributed by atoms with Crippen LogP contribution in [-0.2, 0) is 16.0 Å². The number of amides is 2. The van der Waals surface area contributed by atoms with Crippen LogP contribution in [0.3, 0.4) is 0 Å². The van der Waals surface area contributed by atoms with Gasteiger partial charge >= 0.3 is 0 Å². The molecule has 28 heavy (non-hydrogen) atoms. The molecule has 0 atom stereocenters. The van der Waals surface area contributed by atoms with Gasteiger partial charge in [-0.3, -0.25) is 9.59 Å². The molecule has 0 spiro atoms. The van der Waals surface area contributed by atoms with Crippen LogP contribution in [0.1, 0.15) is 31.4 Å². The van der Waals surface area contributed by atoms with Crippen molar-refractivity contribution in [3.8, 4) is 11.5 Å². The number of nitrogens with one attached hydrogen (secondary N) is 2. The molecular weight excluding hydrogens is 358 g/mol. The van der Waals surface area contributed by atoms with E-state index in [1.165, 1.54) is 6.21 Å². The van der Waals surface area contributed by atoms with Gasteiger partial charge in [-0.15, -0.1) is 0 Å². The van der Waals surface area contributed by atoms with Crippen LogP contribution in [0.25, 0.3) is 0 Å². The van der Waals surface area contributed by atoms with Crippen LogP contribution in [0.2, 0.25) is 0 Å². The number of hydrazone groups is 1. The smallest absolute Gasteiger partial charge is 0.249 e. The second-order valence-corrected chi connectivity index (χ2v) is 7.02. The molecule has 2 aromatic rings. The van der Waals surface area contributed by atoms with Crippen LogP contribution in [-0.4, -0.2) is 35.8 Å². The van der Waals surface area contributed by atoms with E-state index in [9.17, 15) is 14.7 Å². The van der Waals surface area contributed by atoms with Gasteiger partial charge in [0.15, 0.2) is 0 Å². The number of phenols is 1. The zero-order chi connectivity index (χ0) is 20.6. The molecule has 0 aliphatic carbocycles. The second-order valence-electron chi connectivity index (χ2n) is 7.02. The first kappa shape index (κ1) is 21.0. The topological polar surface area (TPSA) is 100 Å². The fourth-order valence-corrected chi connectivity index (χ4v) is 2.64. The van der Waals surface area contributed by atoms with Gasteiger partial charge in [0.1, 0.15) is 17.9 Å². The van der Waals surface area contributed by atoms with E-state index in [0.29, 0.717) is 6.42 Å². The number of aromatic hydroxyl groups is 1. The second kappa shape index (κ2) is 9.55. The monoisotopic (exact) mass is 383 g/mol. The lowest BCUT2D eigenvalue weighted by Crippen LogP contribution is -2.46. The molecule has 0 radical (unpaired) electrons. The number of phenolic OH excluding ortho intramolecular Hbond substituents is 1. The van der Waals surface area contributed by atoms with E-state index < -0.39 is 11.4 Å². The highest BCUT2D eigenvalue weighted by atomic mass is 16.5. The fraction of sp³-hybridized carbons (Fsp3) is 0.286. The molecule has 2 amide bonds. The Labute approximate surface area is 164 Å². The molecular formula is C21H25N3O4. The van der Waals surface area contributed by atoms with Crippen molar-refractivity contribution in [3.05, 3.63) is 59.7 Å². The van der Waals surface area contributed by atoms with Gasteiger partial charge < -0.3 is 15.2 Å². The van der Waals surface area contributed by atoms with Crippen molar-refractivity contribution in [3.63, 3.8) is 0 Å². The summed E-state index contributed by atoms with van der Waals surface area (Å²) >= 11 is 0. The van der Waals surface area contributed by atoms with Crippen molar-refractivity contribution in [2.45, 2.75) is 32.2 Å². The molecule has 0 unspecified atom stereocenters. The molecule has 148 valence electrons. The van der Waals surface area contributed by atoms with E-state index in [4.69, 9.17) is 4.74 Å². The number of nitrogens with zero attached hydrogens (tertiary/aromatic N) is 1. The van der Waals surface area contributed by atoms with Gasteiger partial charge in [-0.1, -0.05) is 12.1 Å². The maximum absolute atomic E-state index is 12.1. The van der Waals surface area contributed by atoms with Crippen molar-refractivity contribution < 1.29 is 19.4 Å². The molecule has 3 N–H and O–H groups in total. The van der Waals surface area contributed by atoms with Crippen LogP contribution in [0.4, 0.5) is 0 Å². The molecule has 7 nitrogen and oxygen atoms in total. The summed E-state index contributed by atoms with van der Waals surface area (Å²) in [5, 5.41) is 16.0. The number of benzene rings is 2. The first-order valence-electron chi connectivity index (χ1n) is 8.82. The number of carbonyl (C=O) groups is 2. The van der Waals surface area contributed by atoms with Gasteiger partial charge in [0.25, 0.3) is 0 Å². The number of hydrogen-bond acceptors (Lipinski definition) is 5. The van der Waals surface area contributed by atoms with E-state index in [2.05, 4.69) is 15.8 Å². The Kier molecular flexibility index (Phi) is 7.14. The third kappa shape index (κ3) is 7.11. The molecule has 7 heteroatoms. The molecule has 0 saturated carbocycles. The van der Waals surface area contributed by atoms with Gasteiger partial charge in [-0.05, 0) is 67.8 Å². The van der Waals surface area contributed by atoms with Crippen molar-refractivity contribution in [2.24, 2.45) is 5.10 Å². The lowest BCUT2D eigenvalue weighted by Gasteiger charge is -2.26. The largest absolute Gasteiger partial charge is 0.508 e. The maximum atomic E-state index is 12.1. The molecule has 2 aromatic carbocycles. The molecule has 2 rings (SSSR count). The van der Waals surface area contributed by atoms with Gasteiger partial charge in [0, 0.05) is 5.54 Å². The van der Waals surface area contributed by atoms with Crippen molar-refractivity contribution in [1.82, 2.24) is 10.7 Å². The van der Waals surface area contributed by atoms with Crippen molar-refractivity contribution in [1.29, 1.82) is 0 Å². The Balaban J connectivity index is 1.79. The van der Waals surface area contributed by atoms with Gasteiger partial charge in [-0.2, -0.15) is 5.10 Å². The number of ether oxygens (including phenoxy) is 1. The Hall–Kier alpha value is -3.35. The summed E-state index contributed by atoms with van der Waals surface area (Å²) < 4.78 is 5.07. The number of methoxy groups -OCH3 is 1. The molecule has 0 aliphatic heterocycles. The highest BCUT2D eigenvalue weighted by Gasteiger charge is 2.22. The zero-order valence-electron chi connectivity index (χ0n) is 16.2. The average Bonchev–Trinajstić information content (AvgIpc) is 2.63. The van der Waals surface area contributed by atoms with Crippen LogP contribution < -0.4 is 15.5 Å². The minimum atomic E-state index is -0.541. The lowest BCUT2D eigenvalue weighted by atomic mass is 9.94. The standard InChI is InChI=1S/C21H25N3O4/c1-21(2,13-15-4-8-17(25)9-5-15)23-19(26)12-20(27)24-22-14-16-6-10-18(28-3)11-7-16/h4-11,14,25H,12-13H2,1-3H3,(H,23,26)(H,24,27)/b22-14+. The van der Waals surface area contributed by atoms with Crippen LogP contribution in [0.15, 0.2) is 53.6 Å². The number of hydrogen-bond donors (Lipinski definition) is 3. The average molecular weight is 383 g/mol. The van der Waals surface area contributed by atoms with Gasteiger partial charge in [0.05, 0.1) is 13.3 Å². The first-order valence-corrected chi connectivity index (χ1v) is 8.82. The van der Waals surface area contributed by atoms with Gasteiger partial charge in [0.2, 0.25) is 11.8 Å². The van der Waals surface area contributed by atoms with E-state index in [0.717, 1.165) is 16.9 Å². The van der Waals surface area contributed by atoms with Gasteiger partial charge in [-0.25, -0.2) is 5.43 Å². The maximum Gasteiger partial charge on any atom is 0.249 e. The first-order chi connectivity index (χ1) is 13.3. The summed E-state index contributed by atoms with van der Waals surface area (Å²) in [5.41, 5.74) is 3.56. The summed E-state index contributed by atoms with van der Waals surface area (Å²) in [6, 6.07) is 14.0. The molecule has 0 aromatic heterocycles. The number of carbonyl (C=O) groups excluding carboxylic acids is 2. The Morgan fingerprint density at radius 1 is 1.07 bits per heavy atom. The number of rotatable bonds is 8. The van der Waals surface area contributed by atoms with E-state index in [1.54, 1.807) is 55.6 Å². The van der Waals surface area contributed by atoms with Crippen LogP contribution in [0.5, 0.6) is 11.5 Å². The molecule has 0 fully saturated rings. The third-order valence-electron chi connectivity index (χ3n) is 3.90. The molecule has 0 bridgehead atoms. The highest BCUT2D eigenvalue weighted by Crippen LogP contribution is 2.16. The summed E-state index contributed by atoms with van der Waals surface area (Å²) in [5.74, 6) is 0.0360. The van der Waals surface area contributed by atoms with E-state index in [1.807, 2.05) is 13.8 Å². The molecule has 0 saturated heterocycles. The van der Waals surface area contributed by atoms with Crippen molar-refractivity contribution in [2.75, 3.05) is 7.11 Å². The highest BCUT2D eigenvalue weighted by molar-refractivity contribution is 5.97. The third-order valence-corrected chi connectivity index (χ3v) is 3.90. The Morgan fingerprint density at radius 3 is 2.32 bits per heavy atom. The summed E-state index contributed by atoms with van der Waals surface area (Å²) in [6.45, 7) is 3.75. The minimum absolute atomic E-state index is 0.192. The summed E-state index contributed by atoms with van der Waals surface area (Å²) in [6.07, 6.45) is 1.74. The summed E-state index contributed by atoms with van der Waals surface area (Å²) in [4.78, 5) is 24.0. The lowest BCUT2D eigenvalue weighted by molar-refractivity contribution is -0.130. The SMILES string of the molecule is COc1ccc(/C=N/NC(=O)CC(=O)NC(C)(C)Cc2ccc(O)cc2)cc1. The molecule has 0 heterocycles. The summed E-state index contributed by atoms with van der Waals surface area (Å²) in [7, 11) is 1.58. The van der Waals surface area contributed by atoms with Crippen LogP contribution in [0, 0.1) is 0 Å². The predicted molar refractivity (Wildman–Crippen MR) is 107 cm³/mol. The minimum Gasteiger partial charge on any atom is -0.508 e. The normalized spacial score (nSPS) is 11.2. The quantitative estimate of drug-likeness (QED) is 0.370.